The zero-order valence-electron chi connectivity index (χ0n) is 18.7. The number of nitrogens with one attached hydrogen (secondary N) is 1. The minimum atomic E-state index is -4.40. The van der Waals surface area contributed by atoms with Gasteiger partial charge in [-0.1, -0.05) is 54.1 Å². The molecule has 0 bridgehead atoms. The molecule has 4 aromatic rings. The molecule has 2 amide bonds. The molecular formula is C27H23ClF3N3O. The summed E-state index contributed by atoms with van der Waals surface area (Å²) in [5.41, 5.74) is 2.20. The molecule has 8 heteroatoms. The zero-order chi connectivity index (χ0) is 24.8. The summed E-state index contributed by atoms with van der Waals surface area (Å²) in [6.07, 6.45) is -2.60. The Hall–Kier alpha value is -3.71. The summed E-state index contributed by atoms with van der Waals surface area (Å²) < 4.78 is 41.2. The van der Waals surface area contributed by atoms with Gasteiger partial charge in [-0.2, -0.15) is 13.2 Å². The van der Waals surface area contributed by atoms with Crippen LogP contribution in [0, 0.1) is 0 Å². The Labute approximate surface area is 206 Å². The van der Waals surface area contributed by atoms with E-state index in [1.807, 2.05) is 47.0 Å². The maximum absolute atomic E-state index is 13.2. The third kappa shape index (κ3) is 6.67. The number of hydrogen-bond donors (Lipinski definition) is 1. The van der Waals surface area contributed by atoms with Gasteiger partial charge in [-0.25, -0.2) is 4.79 Å². The lowest BCUT2D eigenvalue weighted by Gasteiger charge is -2.24. The third-order valence-corrected chi connectivity index (χ3v) is 5.73. The van der Waals surface area contributed by atoms with Crippen molar-refractivity contribution in [3.05, 3.63) is 125 Å². The first kappa shape index (κ1) is 24.4. The molecule has 0 aliphatic carbocycles. The average Bonchev–Trinajstić information content (AvgIpc) is 3.27. The van der Waals surface area contributed by atoms with E-state index >= 15 is 0 Å². The fourth-order valence-corrected chi connectivity index (χ4v) is 3.85. The molecule has 0 aliphatic heterocycles. The van der Waals surface area contributed by atoms with Gasteiger partial charge in [0.25, 0.3) is 0 Å². The molecule has 0 radical (unpaired) electrons. The number of rotatable bonds is 7. The van der Waals surface area contributed by atoms with Crippen molar-refractivity contribution in [1.82, 2.24) is 9.47 Å². The molecule has 0 unspecified atom stereocenters. The zero-order valence-corrected chi connectivity index (χ0v) is 19.4. The highest BCUT2D eigenvalue weighted by atomic mass is 35.5. The lowest BCUT2D eigenvalue weighted by atomic mass is 10.1. The highest BCUT2D eigenvalue weighted by Crippen LogP contribution is 2.30. The summed E-state index contributed by atoms with van der Waals surface area (Å²) in [5, 5.41) is 3.46. The Morgan fingerprint density at radius 2 is 1.57 bits per heavy atom. The van der Waals surface area contributed by atoms with Gasteiger partial charge < -0.3 is 14.8 Å². The van der Waals surface area contributed by atoms with Crippen LogP contribution in [0.15, 0.2) is 97.2 Å². The van der Waals surface area contributed by atoms with Crippen molar-refractivity contribution in [2.24, 2.45) is 0 Å². The van der Waals surface area contributed by atoms with E-state index in [1.54, 1.807) is 41.4 Å². The number of carbonyl (C=O) groups is 1. The molecule has 0 atom stereocenters. The number of hydrogen-bond acceptors (Lipinski definition) is 1. The molecule has 4 rings (SSSR count). The average molecular weight is 498 g/mol. The van der Waals surface area contributed by atoms with Crippen LogP contribution < -0.4 is 5.32 Å². The van der Waals surface area contributed by atoms with E-state index in [4.69, 9.17) is 11.6 Å². The normalized spacial score (nSPS) is 11.3. The molecule has 1 N–H and O–H groups in total. The van der Waals surface area contributed by atoms with Gasteiger partial charge in [-0.05, 0) is 59.7 Å². The number of urea groups is 1. The molecule has 1 aromatic heterocycles. The first-order chi connectivity index (χ1) is 16.8. The first-order valence-corrected chi connectivity index (χ1v) is 11.3. The molecule has 180 valence electrons. The minimum Gasteiger partial charge on any atom is -0.345 e. The number of anilines is 1. The smallest absolute Gasteiger partial charge is 0.345 e. The third-order valence-electron chi connectivity index (χ3n) is 5.48. The lowest BCUT2D eigenvalue weighted by molar-refractivity contribution is -0.137. The van der Waals surface area contributed by atoms with Crippen LogP contribution in [0.5, 0.6) is 0 Å². The Kier molecular flexibility index (Phi) is 7.46. The molecule has 0 aliphatic rings. The molecule has 0 saturated carbocycles. The van der Waals surface area contributed by atoms with E-state index in [-0.39, 0.29) is 19.1 Å². The van der Waals surface area contributed by atoms with Crippen molar-refractivity contribution >= 4 is 23.3 Å². The van der Waals surface area contributed by atoms with Crippen LogP contribution in [0.4, 0.5) is 23.7 Å². The van der Waals surface area contributed by atoms with Gasteiger partial charge in [0.2, 0.25) is 0 Å². The van der Waals surface area contributed by atoms with Crippen LogP contribution in [-0.4, -0.2) is 15.5 Å². The summed E-state index contributed by atoms with van der Waals surface area (Å²) in [6, 6.07) is 25.1. The number of carbonyl (C=O) groups excluding carboxylic acids is 1. The summed E-state index contributed by atoms with van der Waals surface area (Å²) >= 11 is 5.94. The van der Waals surface area contributed by atoms with E-state index in [0.717, 1.165) is 23.4 Å². The van der Waals surface area contributed by atoms with Crippen LogP contribution in [0.2, 0.25) is 5.02 Å². The number of amides is 2. The second-order valence-electron chi connectivity index (χ2n) is 8.10. The van der Waals surface area contributed by atoms with Crippen molar-refractivity contribution < 1.29 is 18.0 Å². The largest absolute Gasteiger partial charge is 0.416 e. The maximum atomic E-state index is 13.2. The van der Waals surface area contributed by atoms with Gasteiger partial charge >= 0.3 is 12.2 Å². The van der Waals surface area contributed by atoms with E-state index in [9.17, 15) is 18.0 Å². The highest BCUT2D eigenvalue weighted by Gasteiger charge is 2.30. The number of benzene rings is 3. The van der Waals surface area contributed by atoms with Crippen molar-refractivity contribution in [1.29, 1.82) is 0 Å². The molecular weight excluding hydrogens is 475 g/mol. The lowest BCUT2D eigenvalue weighted by Crippen LogP contribution is -2.34. The van der Waals surface area contributed by atoms with Crippen molar-refractivity contribution in [3.8, 4) is 0 Å². The molecule has 0 fully saturated rings. The van der Waals surface area contributed by atoms with Gasteiger partial charge in [0, 0.05) is 35.7 Å². The van der Waals surface area contributed by atoms with Crippen LogP contribution in [0.25, 0.3) is 0 Å². The molecule has 3 aromatic carbocycles. The van der Waals surface area contributed by atoms with Gasteiger partial charge in [0.1, 0.15) is 0 Å². The first-order valence-electron chi connectivity index (χ1n) is 10.9. The van der Waals surface area contributed by atoms with E-state index < -0.39 is 11.7 Å². The summed E-state index contributed by atoms with van der Waals surface area (Å²) in [5.74, 6) is 0. The van der Waals surface area contributed by atoms with E-state index in [1.165, 1.54) is 6.07 Å². The van der Waals surface area contributed by atoms with Crippen LogP contribution in [0.1, 0.15) is 22.4 Å². The van der Waals surface area contributed by atoms with Crippen LogP contribution in [0.3, 0.4) is 0 Å². The second kappa shape index (κ2) is 10.7. The topological polar surface area (TPSA) is 37.3 Å². The Bertz CT molecular complexity index is 1270. The Morgan fingerprint density at radius 1 is 0.857 bits per heavy atom. The molecule has 1 heterocycles. The maximum Gasteiger partial charge on any atom is 0.416 e. The van der Waals surface area contributed by atoms with Gasteiger partial charge in [0.15, 0.2) is 0 Å². The predicted octanol–water partition coefficient (Wildman–Crippen LogP) is 7.44. The number of aromatic nitrogens is 1. The standard InChI is InChI=1S/C27H23ClF3N3O/c28-23-11-13-24(14-12-23)32-26(35)34(17-20-6-2-1-3-7-20)19-25-10-5-15-33(25)18-21-8-4-9-22(16-21)27(29,30)31/h1-16H,17-19H2,(H,32,35). The molecule has 0 saturated heterocycles. The highest BCUT2D eigenvalue weighted by molar-refractivity contribution is 6.30. The summed E-state index contributed by atoms with van der Waals surface area (Å²) in [4.78, 5) is 14.9. The fraction of sp³-hybridized carbons (Fsp3) is 0.148. The monoisotopic (exact) mass is 497 g/mol. The fourth-order valence-electron chi connectivity index (χ4n) is 3.72. The Morgan fingerprint density at radius 3 is 2.29 bits per heavy atom. The summed E-state index contributed by atoms with van der Waals surface area (Å²) in [7, 11) is 0. The van der Waals surface area contributed by atoms with Gasteiger partial charge in [-0.15, -0.1) is 0 Å². The van der Waals surface area contributed by atoms with Crippen molar-refractivity contribution in [3.63, 3.8) is 0 Å². The van der Waals surface area contributed by atoms with E-state index in [0.29, 0.717) is 22.8 Å². The minimum absolute atomic E-state index is 0.254. The van der Waals surface area contributed by atoms with Gasteiger partial charge in [0.05, 0.1) is 12.1 Å². The molecule has 0 spiro atoms. The molecule has 35 heavy (non-hydrogen) atoms. The Balaban J connectivity index is 1.55. The van der Waals surface area contributed by atoms with E-state index in [2.05, 4.69) is 5.32 Å². The van der Waals surface area contributed by atoms with Crippen LogP contribution >= 0.6 is 11.6 Å². The predicted molar refractivity (Wildman–Crippen MR) is 131 cm³/mol. The van der Waals surface area contributed by atoms with Crippen molar-refractivity contribution in [2.45, 2.75) is 25.8 Å². The summed E-state index contributed by atoms with van der Waals surface area (Å²) in [6.45, 7) is 0.875. The number of halogens is 4. The van der Waals surface area contributed by atoms with Crippen molar-refractivity contribution in [2.75, 3.05) is 5.32 Å². The number of nitrogens with zero attached hydrogens (tertiary/aromatic N) is 2. The number of alkyl halides is 3. The molecule has 4 nitrogen and oxygen atoms in total. The van der Waals surface area contributed by atoms with Gasteiger partial charge in [-0.3, -0.25) is 0 Å². The second-order valence-corrected chi connectivity index (χ2v) is 8.54. The SMILES string of the molecule is O=C(Nc1ccc(Cl)cc1)N(Cc1ccccc1)Cc1cccn1Cc1cccc(C(F)(F)F)c1. The van der Waals surface area contributed by atoms with Crippen LogP contribution in [-0.2, 0) is 25.8 Å². The quantitative estimate of drug-likeness (QED) is 0.283.